The maximum Gasteiger partial charge on any atom is 0.261 e. The zero-order chi connectivity index (χ0) is 22.7. The van der Waals surface area contributed by atoms with Crippen LogP contribution in [0.15, 0.2) is 41.5 Å². The Hall–Kier alpha value is -2.97. The van der Waals surface area contributed by atoms with Crippen molar-refractivity contribution in [2.75, 3.05) is 45.2 Å². The minimum absolute atomic E-state index is 0.0559. The molecule has 0 amide bonds. The van der Waals surface area contributed by atoms with E-state index in [1.165, 1.54) is 7.11 Å². The van der Waals surface area contributed by atoms with Gasteiger partial charge in [-0.25, -0.2) is 9.37 Å². The number of aryl methyl sites for hydroxylation is 1. The topological polar surface area (TPSA) is 71.4 Å². The van der Waals surface area contributed by atoms with Crippen LogP contribution in [0.25, 0.3) is 10.9 Å². The molecule has 0 spiro atoms. The molecule has 8 heteroatoms. The quantitative estimate of drug-likeness (QED) is 0.589. The average Bonchev–Trinajstić information content (AvgIpc) is 2.82. The number of methoxy groups -OCH3 is 1. The van der Waals surface area contributed by atoms with Crippen LogP contribution in [-0.2, 0) is 0 Å². The first-order valence-corrected chi connectivity index (χ1v) is 11.0. The first-order valence-electron chi connectivity index (χ1n) is 11.0. The fourth-order valence-corrected chi connectivity index (χ4v) is 4.31. The molecule has 4 rings (SSSR count). The third-order valence-corrected chi connectivity index (χ3v) is 6.04. The zero-order valence-corrected chi connectivity index (χ0v) is 18.8. The van der Waals surface area contributed by atoms with Gasteiger partial charge in [-0.1, -0.05) is 0 Å². The predicted octanol–water partition coefficient (Wildman–Crippen LogP) is 3.13. The van der Waals surface area contributed by atoms with Crippen LogP contribution in [0.5, 0.6) is 5.75 Å². The summed E-state index contributed by atoms with van der Waals surface area (Å²) in [5, 5.41) is 6.99. The number of hydrogen-bond acceptors (Lipinski definition) is 6. The maximum absolute atomic E-state index is 15.2. The monoisotopic (exact) mass is 439 g/mol. The van der Waals surface area contributed by atoms with Crippen molar-refractivity contribution in [2.24, 2.45) is 0 Å². The molecule has 3 aromatic rings. The largest absolute Gasteiger partial charge is 0.494 e. The van der Waals surface area contributed by atoms with E-state index in [1.54, 1.807) is 23.0 Å². The molecular formula is C24H30FN5O2. The van der Waals surface area contributed by atoms with Crippen molar-refractivity contribution in [3.05, 3.63) is 58.4 Å². The minimum Gasteiger partial charge on any atom is -0.494 e. The van der Waals surface area contributed by atoms with Gasteiger partial charge in [-0.05, 0) is 75.8 Å². The fourth-order valence-electron chi connectivity index (χ4n) is 4.31. The zero-order valence-electron chi connectivity index (χ0n) is 18.8. The lowest BCUT2D eigenvalue weighted by atomic mass is 10.1. The molecule has 7 nitrogen and oxygen atoms in total. The molecule has 2 aromatic carbocycles. The summed E-state index contributed by atoms with van der Waals surface area (Å²) in [6, 6.07) is 9.16. The molecule has 170 valence electrons. The van der Waals surface area contributed by atoms with Crippen LogP contribution in [0.4, 0.5) is 15.8 Å². The SMILES string of the molecule is CNCCN(c1ccc2ncn(C3CCNCC3)c(=O)c2c1)c1cc(C)cc(OC)c1F. The molecule has 0 unspecified atom stereocenters. The number of rotatable bonds is 7. The van der Waals surface area contributed by atoms with Crippen molar-refractivity contribution in [3.63, 3.8) is 0 Å². The van der Waals surface area contributed by atoms with Crippen molar-refractivity contribution >= 4 is 22.3 Å². The van der Waals surface area contributed by atoms with Gasteiger partial charge in [0.1, 0.15) is 0 Å². The van der Waals surface area contributed by atoms with E-state index in [2.05, 4.69) is 15.6 Å². The van der Waals surface area contributed by atoms with Gasteiger partial charge in [-0.2, -0.15) is 0 Å². The average molecular weight is 440 g/mol. The number of benzene rings is 2. The van der Waals surface area contributed by atoms with Crippen LogP contribution in [-0.4, -0.2) is 49.9 Å². The lowest BCUT2D eigenvalue weighted by Gasteiger charge is -2.27. The van der Waals surface area contributed by atoms with Crippen LogP contribution >= 0.6 is 0 Å². The summed E-state index contributed by atoms with van der Waals surface area (Å²) in [6.07, 6.45) is 3.45. The molecular weight excluding hydrogens is 409 g/mol. The van der Waals surface area contributed by atoms with Crippen LogP contribution in [0.2, 0.25) is 0 Å². The van der Waals surface area contributed by atoms with Crippen molar-refractivity contribution in [3.8, 4) is 5.75 Å². The van der Waals surface area contributed by atoms with Gasteiger partial charge < -0.3 is 20.3 Å². The summed E-state index contributed by atoms with van der Waals surface area (Å²) >= 11 is 0. The van der Waals surface area contributed by atoms with Gasteiger partial charge in [0.2, 0.25) is 0 Å². The Kier molecular flexibility index (Phi) is 6.72. The Morgan fingerprint density at radius 3 is 2.78 bits per heavy atom. The smallest absolute Gasteiger partial charge is 0.261 e. The summed E-state index contributed by atoms with van der Waals surface area (Å²) in [6.45, 7) is 4.85. The molecule has 1 aliphatic heterocycles. The highest BCUT2D eigenvalue weighted by Crippen LogP contribution is 2.34. The highest BCUT2D eigenvalue weighted by atomic mass is 19.1. The number of anilines is 2. The van der Waals surface area contributed by atoms with Gasteiger partial charge in [0.25, 0.3) is 5.56 Å². The van der Waals surface area contributed by atoms with E-state index in [9.17, 15) is 4.79 Å². The molecule has 0 bridgehead atoms. The molecule has 1 aromatic heterocycles. The molecule has 0 radical (unpaired) electrons. The van der Waals surface area contributed by atoms with E-state index >= 15 is 4.39 Å². The van der Waals surface area contributed by atoms with E-state index < -0.39 is 5.82 Å². The highest BCUT2D eigenvalue weighted by molar-refractivity contribution is 5.83. The summed E-state index contributed by atoms with van der Waals surface area (Å²) in [5.74, 6) is -0.224. The Balaban J connectivity index is 1.82. The molecule has 32 heavy (non-hydrogen) atoms. The fraction of sp³-hybridized carbons (Fsp3) is 0.417. The number of likely N-dealkylation sites (N-methyl/N-ethyl adjacent to an activating group) is 1. The molecule has 1 aliphatic rings. The van der Waals surface area contributed by atoms with Crippen LogP contribution in [0, 0.1) is 12.7 Å². The van der Waals surface area contributed by atoms with Crippen LogP contribution < -0.4 is 25.8 Å². The first-order chi connectivity index (χ1) is 15.5. The molecule has 0 aliphatic carbocycles. The maximum atomic E-state index is 15.2. The Morgan fingerprint density at radius 2 is 2.06 bits per heavy atom. The summed E-state index contributed by atoms with van der Waals surface area (Å²) < 4.78 is 22.2. The van der Waals surface area contributed by atoms with Gasteiger partial charge in [0.15, 0.2) is 11.6 Å². The molecule has 0 atom stereocenters. The number of halogens is 1. The molecule has 1 saturated heterocycles. The second kappa shape index (κ2) is 9.67. The predicted molar refractivity (Wildman–Crippen MR) is 126 cm³/mol. The standard InChI is InChI=1S/C24H30FN5O2/c1-16-12-21(23(25)22(13-16)32-3)29(11-10-26-2)18-4-5-20-19(14-18)24(31)30(15-28-20)17-6-8-27-9-7-17/h4-5,12-15,17,26-27H,6-11H2,1-3H3. The Bertz CT molecular complexity index is 1160. The van der Waals surface area contributed by atoms with Gasteiger partial charge in [0, 0.05) is 24.8 Å². The third kappa shape index (κ3) is 4.33. The van der Waals surface area contributed by atoms with E-state index in [1.807, 2.05) is 37.1 Å². The summed E-state index contributed by atoms with van der Waals surface area (Å²) in [4.78, 5) is 19.8. The van der Waals surface area contributed by atoms with Gasteiger partial charge in [-0.3, -0.25) is 9.36 Å². The molecule has 1 fully saturated rings. The van der Waals surface area contributed by atoms with Crippen LogP contribution in [0.1, 0.15) is 24.4 Å². The lowest BCUT2D eigenvalue weighted by molar-refractivity contribution is 0.359. The second-order valence-corrected chi connectivity index (χ2v) is 8.20. The number of hydrogen-bond donors (Lipinski definition) is 2. The molecule has 2 heterocycles. The number of aromatic nitrogens is 2. The number of piperidine rings is 1. The lowest BCUT2D eigenvalue weighted by Crippen LogP contribution is -2.34. The third-order valence-electron chi connectivity index (χ3n) is 6.04. The normalized spacial score (nSPS) is 14.6. The number of fused-ring (bicyclic) bond motifs is 1. The van der Waals surface area contributed by atoms with E-state index in [4.69, 9.17) is 4.74 Å². The second-order valence-electron chi connectivity index (χ2n) is 8.20. The van der Waals surface area contributed by atoms with Gasteiger partial charge in [-0.15, -0.1) is 0 Å². The summed E-state index contributed by atoms with van der Waals surface area (Å²) in [7, 11) is 3.32. The molecule has 0 saturated carbocycles. The number of ether oxygens (including phenoxy) is 1. The minimum atomic E-state index is -0.424. The molecule has 2 N–H and O–H groups in total. The van der Waals surface area contributed by atoms with Crippen molar-refractivity contribution in [1.82, 2.24) is 20.2 Å². The Morgan fingerprint density at radius 1 is 1.28 bits per heavy atom. The van der Waals surface area contributed by atoms with Gasteiger partial charge in [0.05, 0.1) is 30.0 Å². The van der Waals surface area contributed by atoms with E-state index in [0.717, 1.165) is 37.2 Å². The number of nitrogens with one attached hydrogen (secondary N) is 2. The number of nitrogens with zero attached hydrogens (tertiary/aromatic N) is 3. The first kappa shape index (κ1) is 22.2. The van der Waals surface area contributed by atoms with E-state index in [0.29, 0.717) is 29.7 Å². The van der Waals surface area contributed by atoms with Crippen molar-refractivity contribution in [2.45, 2.75) is 25.8 Å². The van der Waals surface area contributed by atoms with E-state index in [-0.39, 0.29) is 17.4 Å². The van der Waals surface area contributed by atoms with Crippen molar-refractivity contribution < 1.29 is 9.13 Å². The van der Waals surface area contributed by atoms with Gasteiger partial charge >= 0.3 is 0 Å². The van der Waals surface area contributed by atoms with Crippen LogP contribution in [0.3, 0.4) is 0 Å². The highest BCUT2D eigenvalue weighted by Gasteiger charge is 2.21. The summed E-state index contributed by atoms with van der Waals surface area (Å²) in [5.41, 5.74) is 2.63. The van der Waals surface area contributed by atoms with Crippen molar-refractivity contribution in [1.29, 1.82) is 0 Å². The Labute approximate surface area is 187 Å².